The standard InChI is InChI=1S/C15H22FNO/c1-5-6-7-18-14-9-12(8-13(16)10-14)11-17-15(2,3)4/h5,8-10,17H,1,6-7,11H2,2-4H3. The molecule has 0 aliphatic heterocycles. The average Bonchev–Trinajstić information content (AvgIpc) is 2.25. The molecule has 0 spiro atoms. The van der Waals surface area contributed by atoms with E-state index in [0.717, 1.165) is 12.0 Å². The molecule has 1 aromatic rings. The second-order valence-corrected chi connectivity index (χ2v) is 5.32. The first-order valence-electron chi connectivity index (χ1n) is 6.19. The average molecular weight is 251 g/mol. The molecule has 0 radical (unpaired) electrons. The molecule has 0 aliphatic carbocycles. The van der Waals surface area contributed by atoms with E-state index in [0.29, 0.717) is 18.9 Å². The molecule has 1 N–H and O–H groups in total. The lowest BCUT2D eigenvalue weighted by Gasteiger charge is -2.20. The van der Waals surface area contributed by atoms with Crippen LogP contribution in [0.5, 0.6) is 5.75 Å². The van der Waals surface area contributed by atoms with Gasteiger partial charge in [0, 0.05) is 18.2 Å². The molecule has 0 atom stereocenters. The molecule has 0 amide bonds. The summed E-state index contributed by atoms with van der Waals surface area (Å²) in [6.07, 6.45) is 2.54. The van der Waals surface area contributed by atoms with Gasteiger partial charge < -0.3 is 10.1 Å². The van der Waals surface area contributed by atoms with E-state index in [2.05, 4.69) is 32.7 Å². The maximum atomic E-state index is 13.4. The van der Waals surface area contributed by atoms with E-state index in [1.165, 1.54) is 12.1 Å². The van der Waals surface area contributed by atoms with Crippen LogP contribution in [0.4, 0.5) is 4.39 Å². The van der Waals surface area contributed by atoms with Crippen LogP contribution in [0, 0.1) is 5.82 Å². The number of ether oxygens (including phenoxy) is 1. The van der Waals surface area contributed by atoms with Crippen molar-refractivity contribution in [3.8, 4) is 5.75 Å². The lowest BCUT2D eigenvalue weighted by Crippen LogP contribution is -2.35. The van der Waals surface area contributed by atoms with Crippen LogP contribution >= 0.6 is 0 Å². The summed E-state index contributed by atoms with van der Waals surface area (Å²) in [5.74, 6) is 0.305. The molecule has 0 bridgehead atoms. The largest absolute Gasteiger partial charge is 0.493 e. The Bertz CT molecular complexity index is 396. The van der Waals surface area contributed by atoms with Crippen LogP contribution in [0.25, 0.3) is 0 Å². The highest BCUT2D eigenvalue weighted by atomic mass is 19.1. The van der Waals surface area contributed by atoms with Gasteiger partial charge in [0.1, 0.15) is 11.6 Å². The molecule has 0 fully saturated rings. The molecule has 0 aliphatic rings. The second-order valence-electron chi connectivity index (χ2n) is 5.32. The molecule has 1 aromatic carbocycles. The van der Waals surface area contributed by atoms with Gasteiger partial charge in [0.15, 0.2) is 0 Å². The van der Waals surface area contributed by atoms with Gasteiger partial charge in [0.05, 0.1) is 6.61 Å². The Labute approximate surface area is 109 Å². The first-order valence-corrected chi connectivity index (χ1v) is 6.19. The minimum atomic E-state index is -0.267. The Kier molecular flexibility index (Phi) is 5.35. The van der Waals surface area contributed by atoms with E-state index >= 15 is 0 Å². The van der Waals surface area contributed by atoms with Crippen molar-refractivity contribution in [1.82, 2.24) is 5.32 Å². The molecule has 0 unspecified atom stereocenters. The zero-order valence-corrected chi connectivity index (χ0v) is 11.4. The Morgan fingerprint density at radius 3 is 2.67 bits per heavy atom. The van der Waals surface area contributed by atoms with Crippen molar-refractivity contribution in [2.75, 3.05) is 6.61 Å². The summed E-state index contributed by atoms with van der Waals surface area (Å²) in [7, 11) is 0. The highest BCUT2D eigenvalue weighted by Crippen LogP contribution is 2.17. The fourth-order valence-electron chi connectivity index (χ4n) is 1.43. The van der Waals surface area contributed by atoms with Gasteiger partial charge in [-0.05, 0) is 44.9 Å². The van der Waals surface area contributed by atoms with Crippen molar-refractivity contribution in [3.63, 3.8) is 0 Å². The van der Waals surface area contributed by atoms with Crippen LogP contribution in [-0.4, -0.2) is 12.1 Å². The number of hydrogen-bond donors (Lipinski definition) is 1. The molecule has 18 heavy (non-hydrogen) atoms. The van der Waals surface area contributed by atoms with Crippen LogP contribution in [0.3, 0.4) is 0 Å². The van der Waals surface area contributed by atoms with Crippen molar-refractivity contribution in [2.24, 2.45) is 0 Å². The third-order valence-electron chi connectivity index (χ3n) is 2.34. The maximum Gasteiger partial charge on any atom is 0.127 e. The zero-order valence-electron chi connectivity index (χ0n) is 11.4. The number of hydrogen-bond acceptors (Lipinski definition) is 2. The predicted octanol–water partition coefficient (Wildman–Crippen LogP) is 3.67. The van der Waals surface area contributed by atoms with E-state index in [1.807, 2.05) is 6.07 Å². The van der Waals surface area contributed by atoms with Gasteiger partial charge in [-0.2, -0.15) is 0 Å². The summed E-state index contributed by atoms with van der Waals surface area (Å²) in [6, 6.07) is 4.80. The van der Waals surface area contributed by atoms with Gasteiger partial charge in [-0.15, -0.1) is 6.58 Å². The molecule has 0 aromatic heterocycles. The Morgan fingerprint density at radius 1 is 1.33 bits per heavy atom. The lowest BCUT2D eigenvalue weighted by molar-refractivity contribution is 0.322. The van der Waals surface area contributed by atoms with Crippen molar-refractivity contribution in [1.29, 1.82) is 0 Å². The second kappa shape index (κ2) is 6.55. The Hall–Kier alpha value is -1.35. The van der Waals surface area contributed by atoms with Gasteiger partial charge in [-0.3, -0.25) is 0 Å². The van der Waals surface area contributed by atoms with Crippen LogP contribution in [-0.2, 0) is 6.54 Å². The Morgan fingerprint density at radius 2 is 2.06 bits per heavy atom. The molecule has 2 nitrogen and oxygen atoms in total. The van der Waals surface area contributed by atoms with Crippen LogP contribution in [0.15, 0.2) is 30.9 Å². The fourth-order valence-corrected chi connectivity index (χ4v) is 1.43. The summed E-state index contributed by atoms with van der Waals surface area (Å²) in [6.45, 7) is 11.0. The van der Waals surface area contributed by atoms with Gasteiger partial charge >= 0.3 is 0 Å². The van der Waals surface area contributed by atoms with E-state index in [9.17, 15) is 4.39 Å². The minimum Gasteiger partial charge on any atom is -0.493 e. The van der Waals surface area contributed by atoms with Crippen LogP contribution in [0.1, 0.15) is 32.8 Å². The third kappa shape index (κ3) is 5.82. The molecule has 3 heteroatoms. The highest BCUT2D eigenvalue weighted by Gasteiger charge is 2.09. The normalized spacial score (nSPS) is 11.3. The highest BCUT2D eigenvalue weighted by molar-refractivity contribution is 5.29. The maximum absolute atomic E-state index is 13.4. The fraction of sp³-hybridized carbons (Fsp3) is 0.467. The van der Waals surface area contributed by atoms with Gasteiger partial charge in [0.2, 0.25) is 0 Å². The van der Waals surface area contributed by atoms with Crippen molar-refractivity contribution in [3.05, 3.63) is 42.2 Å². The first-order chi connectivity index (χ1) is 8.40. The monoisotopic (exact) mass is 251 g/mol. The molecular weight excluding hydrogens is 229 g/mol. The molecule has 1 rings (SSSR count). The first kappa shape index (κ1) is 14.7. The molecule has 100 valence electrons. The quantitative estimate of drug-likeness (QED) is 0.615. The van der Waals surface area contributed by atoms with Crippen molar-refractivity contribution < 1.29 is 9.13 Å². The molecule has 0 heterocycles. The SMILES string of the molecule is C=CCCOc1cc(F)cc(CNC(C)(C)C)c1. The lowest BCUT2D eigenvalue weighted by atomic mass is 10.1. The van der Waals surface area contributed by atoms with E-state index in [-0.39, 0.29) is 11.4 Å². The van der Waals surface area contributed by atoms with Gasteiger partial charge in [-0.25, -0.2) is 4.39 Å². The third-order valence-corrected chi connectivity index (χ3v) is 2.34. The number of benzene rings is 1. The molecular formula is C15H22FNO. The molecule has 0 saturated carbocycles. The number of rotatable bonds is 6. The number of halogens is 1. The van der Waals surface area contributed by atoms with Gasteiger partial charge in [0.25, 0.3) is 0 Å². The van der Waals surface area contributed by atoms with E-state index in [1.54, 1.807) is 6.08 Å². The Balaban J connectivity index is 2.65. The summed E-state index contributed by atoms with van der Waals surface area (Å²) in [4.78, 5) is 0. The summed E-state index contributed by atoms with van der Waals surface area (Å²) >= 11 is 0. The summed E-state index contributed by atoms with van der Waals surface area (Å²) in [5, 5.41) is 3.32. The number of nitrogens with one attached hydrogen (secondary N) is 1. The smallest absolute Gasteiger partial charge is 0.127 e. The molecule has 0 saturated heterocycles. The summed E-state index contributed by atoms with van der Waals surface area (Å²) in [5.41, 5.74) is 0.898. The van der Waals surface area contributed by atoms with Crippen LogP contribution in [0.2, 0.25) is 0 Å². The van der Waals surface area contributed by atoms with Crippen LogP contribution < -0.4 is 10.1 Å². The van der Waals surface area contributed by atoms with E-state index in [4.69, 9.17) is 4.74 Å². The topological polar surface area (TPSA) is 21.3 Å². The minimum absolute atomic E-state index is 0.0101. The van der Waals surface area contributed by atoms with Gasteiger partial charge in [-0.1, -0.05) is 6.08 Å². The predicted molar refractivity (Wildman–Crippen MR) is 73.3 cm³/mol. The summed E-state index contributed by atoms with van der Waals surface area (Å²) < 4.78 is 18.9. The van der Waals surface area contributed by atoms with Crippen molar-refractivity contribution in [2.45, 2.75) is 39.3 Å². The van der Waals surface area contributed by atoms with Crippen molar-refractivity contribution >= 4 is 0 Å². The zero-order chi connectivity index (χ0) is 13.6. The van der Waals surface area contributed by atoms with E-state index < -0.39 is 0 Å².